The molecule has 3 N–H and O–H groups in total. The van der Waals surface area contributed by atoms with Gasteiger partial charge >= 0.3 is 0 Å². The third kappa shape index (κ3) is 2.57. The number of rotatable bonds is 2. The zero-order chi connectivity index (χ0) is 15.0. The Morgan fingerprint density at radius 2 is 1.95 bits per heavy atom. The highest BCUT2D eigenvalue weighted by Gasteiger charge is 2.14. The molecule has 2 heterocycles. The van der Waals surface area contributed by atoms with Crippen LogP contribution in [-0.2, 0) is 0 Å². The molecule has 1 aromatic carbocycles. The minimum absolute atomic E-state index is 0.412. The number of nitrogens with two attached hydrogens (primary N) is 1. The van der Waals surface area contributed by atoms with Crippen LogP contribution in [0.1, 0.15) is 6.92 Å². The summed E-state index contributed by atoms with van der Waals surface area (Å²) in [5, 5.41) is 1.05. The second-order valence-electron chi connectivity index (χ2n) is 4.47. The monoisotopic (exact) mass is 319 g/mol. The summed E-state index contributed by atoms with van der Waals surface area (Å²) in [6.07, 6.45) is 1.64. The molecule has 0 bridgehead atoms. The van der Waals surface area contributed by atoms with Gasteiger partial charge in [0.2, 0.25) is 0 Å². The fourth-order valence-corrected chi connectivity index (χ4v) is 2.59. The summed E-state index contributed by atoms with van der Waals surface area (Å²) in [4.78, 5) is 16.0. The Bertz CT molecular complexity index is 829. The minimum atomic E-state index is 0.412. The summed E-state index contributed by atoms with van der Waals surface area (Å²) >= 11 is 12.4. The van der Waals surface area contributed by atoms with Crippen LogP contribution in [0.3, 0.4) is 0 Å². The first-order chi connectivity index (χ1) is 10.1. The first kappa shape index (κ1) is 13.9. The molecule has 0 fully saturated rings. The van der Waals surface area contributed by atoms with Crippen molar-refractivity contribution in [3.63, 3.8) is 0 Å². The normalized spacial score (nSPS) is 12.0. The Kier molecular flexibility index (Phi) is 3.53. The van der Waals surface area contributed by atoms with Crippen molar-refractivity contribution in [2.24, 2.45) is 10.7 Å². The van der Waals surface area contributed by atoms with Crippen LogP contribution in [0.15, 0.2) is 35.5 Å². The predicted octanol–water partition coefficient (Wildman–Crippen LogP) is 3.94. The summed E-state index contributed by atoms with van der Waals surface area (Å²) in [5.41, 5.74) is 7.67. The van der Waals surface area contributed by atoms with Crippen molar-refractivity contribution in [1.29, 1.82) is 0 Å². The van der Waals surface area contributed by atoms with Crippen LogP contribution in [0.5, 0.6) is 0 Å². The standard InChI is InChI=1S/C14H11Cl2N5/c1-7(17)19-14-12-10(5-6-18-14)20-13(21-12)11-8(15)3-2-4-9(11)16/h2-6H,1H3,(H,20,21)(H2,17,18,19). The van der Waals surface area contributed by atoms with E-state index in [1.165, 1.54) is 0 Å². The van der Waals surface area contributed by atoms with Gasteiger partial charge in [-0.3, -0.25) is 0 Å². The van der Waals surface area contributed by atoms with Gasteiger partial charge in [-0.2, -0.15) is 0 Å². The van der Waals surface area contributed by atoms with Crippen LogP contribution in [-0.4, -0.2) is 20.8 Å². The van der Waals surface area contributed by atoms with Crippen molar-refractivity contribution in [3.8, 4) is 11.4 Å². The quantitative estimate of drug-likeness (QED) is 0.554. The number of benzene rings is 1. The fraction of sp³-hybridized carbons (Fsp3) is 0.0714. The number of aromatic nitrogens is 3. The lowest BCUT2D eigenvalue weighted by Gasteiger charge is -2.02. The van der Waals surface area contributed by atoms with Gasteiger partial charge in [0.25, 0.3) is 0 Å². The third-order valence-corrected chi connectivity index (χ3v) is 3.49. The zero-order valence-electron chi connectivity index (χ0n) is 11.1. The molecule has 3 aromatic rings. The van der Waals surface area contributed by atoms with Gasteiger partial charge in [-0.1, -0.05) is 29.3 Å². The molecule has 0 saturated heterocycles. The van der Waals surface area contributed by atoms with Crippen LogP contribution in [0.25, 0.3) is 22.4 Å². The molecule has 0 atom stereocenters. The van der Waals surface area contributed by atoms with Gasteiger partial charge in [-0.05, 0) is 25.1 Å². The first-order valence-corrected chi connectivity index (χ1v) is 6.91. The average molecular weight is 320 g/mol. The van der Waals surface area contributed by atoms with E-state index in [4.69, 9.17) is 28.9 Å². The topological polar surface area (TPSA) is 80.0 Å². The number of hydrogen-bond acceptors (Lipinski definition) is 3. The molecule has 21 heavy (non-hydrogen) atoms. The van der Waals surface area contributed by atoms with Crippen LogP contribution >= 0.6 is 23.2 Å². The number of nitrogens with zero attached hydrogens (tertiary/aromatic N) is 3. The maximum Gasteiger partial charge on any atom is 0.182 e. The Morgan fingerprint density at radius 3 is 2.62 bits per heavy atom. The number of aliphatic imine (C=N–C) groups is 1. The van der Waals surface area contributed by atoms with Crippen LogP contribution < -0.4 is 5.73 Å². The molecule has 5 nitrogen and oxygen atoms in total. The van der Waals surface area contributed by atoms with Gasteiger partial charge in [0.15, 0.2) is 5.82 Å². The molecular formula is C14H11Cl2N5. The molecule has 3 rings (SSSR count). The van der Waals surface area contributed by atoms with Gasteiger partial charge in [0.1, 0.15) is 11.3 Å². The summed E-state index contributed by atoms with van der Waals surface area (Å²) in [5.74, 6) is 1.44. The maximum atomic E-state index is 6.21. The summed E-state index contributed by atoms with van der Waals surface area (Å²) in [7, 11) is 0. The number of aromatic amines is 1. The number of hydrogen-bond donors (Lipinski definition) is 2. The Labute approximate surface area is 130 Å². The third-order valence-electron chi connectivity index (χ3n) is 2.86. The molecule has 7 heteroatoms. The first-order valence-electron chi connectivity index (χ1n) is 6.16. The number of fused-ring (bicyclic) bond motifs is 1. The van der Waals surface area contributed by atoms with Gasteiger partial charge in [0, 0.05) is 6.20 Å². The van der Waals surface area contributed by atoms with E-state index in [-0.39, 0.29) is 0 Å². The highest BCUT2D eigenvalue weighted by Crippen LogP contribution is 2.34. The Balaban J connectivity index is 2.25. The van der Waals surface area contributed by atoms with Crippen molar-refractivity contribution in [2.45, 2.75) is 6.92 Å². The molecule has 106 valence electrons. The van der Waals surface area contributed by atoms with E-state index in [1.54, 1.807) is 37.4 Å². The minimum Gasteiger partial charge on any atom is -0.387 e. The predicted molar refractivity (Wildman–Crippen MR) is 86.3 cm³/mol. The van der Waals surface area contributed by atoms with Crippen molar-refractivity contribution < 1.29 is 0 Å². The van der Waals surface area contributed by atoms with E-state index >= 15 is 0 Å². The van der Waals surface area contributed by atoms with E-state index in [0.29, 0.717) is 38.6 Å². The van der Waals surface area contributed by atoms with Gasteiger partial charge < -0.3 is 10.7 Å². The van der Waals surface area contributed by atoms with Crippen LogP contribution in [0.2, 0.25) is 10.0 Å². The van der Waals surface area contributed by atoms with Crippen molar-refractivity contribution in [2.75, 3.05) is 0 Å². The van der Waals surface area contributed by atoms with Crippen molar-refractivity contribution in [1.82, 2.24) is 15.0 Å². The molecule has 0 radical (unpaired) electrons. The highest BCUT2D eigenvalue weighted by atomic mass is 35.5. The van der Waals surface area contributed by atoms with E-state index < -0.39 is 0 Å². The highest BCUT2D eigenvalue weighted by molar-refractivity contribution is 6.39. The SMILES string of the molecule is CC(N)=Nc1nccc2[nH]c(-c3c(Cl)cccc3Cl)nc12. The lowest BCUT2D eigenvalue weighted by molar-refractivity contribution is 1.27. The molecule has 0 aliphatic rings. The molecular weight excluding hydrogens is 309 g/mol. The Morgan fingerprint density at radius 1 is 1.24 bits per heavy atom. The van der Waals surface area contributed by atoms with Crippen LogP contribution in [0, 0.1) is 0 Å². The second kappa shape index (κ2) is 5.35. The number of halogens is 2. The van der Waals surface area contributed by atoms with E-state index in [9.17, 15) is 0 Å². The number of H-pyrrole nitrogens is 1. The maximum absolute atomic E-state index is 6.21. The molecule has 0 saturated carbocycles. The van der Waals surface area contributed by atoms with Gasteiger partial charge in [-0.25, -0.2) is 15.0 Å². The van der Waals surface area contributed by atoms with Crippen molar-refractivity contribution >= 4 is 45.9 Å². The molecule has 0 spiro atoms. The zero-order valence-corrected chi connectivity index (χ0v) is 12.6. The molecule has 0 unspecified atom stereocenters. The molecule has 0 aliphatic heterocycles. The number of nitrogens with one attached hydrogen (secondary N) is 1. The second-order valence-corrected chi connectivity index (χ2v) is 5.28. The Hall–Kier alpha value is -2.11. The van der Waals surface area contributed by atoms with E-state index in [2.05, 4.69) is 19.9 Å². The number of pyridine rings is 1. The van der Waals surface area contributed by atoms with E-state index in [0.717, 1.165) is 5.52 Å². The summed E-state index contributed by atoms with van der Waals surface area (Å²) in [6, 6.07) is 7.11. The lowest BCUT2D eigenvalue weighted by Crippen LogP contribution is -2.04. The summed E-state index contributed by atoms with van der Waals surface area (Å²) in [6.45, 7) is 1.69. The van der Waals surface area contributed by atoms with Crippen LogP contribution in [0.4, 0.5) is 5.82 Å². The average Bonchev–Trinajstić information content (AvgIpc) is 2.82. The lowest BCUT2D eigenvalue weighted by atomic mass is 10.2. The summed E-state index contributed by atoms with van der Waals surface area (Å²) < 4.78 is 0. The van der Waals surface area contributed by atoms with E-state index in [1.807, 2.05) is 0 Å². The largest absolute Gasteiger partial charge is 0.387 e. The van der Waals surface area contributed by atoms with Crippen molar-refractivity contribution in [3.05, 3.63) is 40.5 Å². The number of imidazole rings is 1. The number of amidine groups is 1. The fourth-order valence-electron chi connectivity index (χ4n) is 2.01. The van der Waals surface area contributed by atoms with Gasteiger partial charge in [-0.15, -0.1) is 0 Å². The molecule has 2 aromatic heterocycles. The molecule has 0 aliphatic carbocycles. The van der Waals surface area contributed by atoms with Gasteiger partial charge in [0.05, 0.1) is 27.0 Å². The molecule has 0 amide bonds. The smallest absolute Gasteiger partial charge is 0.182 e.